The number of aryl methyl sites for hydroxylation is 1. The van der Waals surface area contributed by atoms with Gasteiger partial charge in [-0.1, -0.05) is 17.9 Å². The standard InChI is InChI=1S/C21H27N3O/c1-16-5-6-18(10-9-17-7-8-17)12-19(16)13-20(24-22)14-23-15-21-4-2-3-11-25-21/h5-6,12,14,17,21H,2-4,7-8,11,13,15,22H2,1H3/b23-14?,24-20-. The minimum Gasteiger partial charge on any atom is -0.376 e. The van der Waals surface area contributed by atoms with Gasteiger partial charge in [-0.2, -0.15) is 5.10 Å². The van der Waals surface area contributed by atoms with Crippen LogP contribution in [0.3, 0.4) is 0 Å². The van der Waals surface area contributed by atoms with Crippen LogP contribution in [0.1, 0.15) is 48.8 Å². The van der Waals surface area contributed by atoms with Crippen LogP contribution in [0, 0.1) is 24.7 Å². The van der Waals surface area contributed by atoms with E-state index < -0.39 is 0 Å². The Morgan fingerprint density at radius 3 is 2.92 bits per heavy atom. The molecule has 3 rings (SSSR count). The van der Waals surface area contributed by atoms with Crippen molar-refractivity contribution in [2.24, 2.45) is 21.9 Å². The van der Waals surface area contributed by atoms with Crippen molar-refractivity contribution in [1.29, 1.82) is 0 Å². The van der Waals surface area contributed by atoms with Crippen molar-refractivity contribution < 1.29 is 4.74 Å². The molecule has 0 bridgehead atoms. The van der Waals surface area contributed by atoms with E-state index in [4.69, 9.17) is 10.6 Å². The predicted octanol–water partition coefficient (Wildman–Crippen LogP) is 3.25. The number of hydrazone groups is 1. The normalized spacial score (nSPS) is 21.2. The van der Waals surface area contributed by atoms with Crippen LogP contribution in [0.2, 0.25) is 0 Å². The largest absolute Gasteiger partial charge is 0.376 e. The number of benzene rings is 1. The van der Waals surface area contributed by atoms with Gasteiger partial charge < -0.3 is 10.6 Å². The maximum atomic E-state index is 5.70. The first-order chi connectivity index (χ1) is 12.2. The average Bonchev–Trinajstić information content (AvgIpc) is 3.46. The molecule has 1 unspecified atom stereocenters. The van der Waals surface area contributed by atoms with E-state index in [9.17, 15) is 0 Å². The third-order valence-corrected chi connectivity index (χ3v) is 4.71. The first kappa shape index (κ1) is 17.7. The molecule has 4 heteroatoms. The van der Waals surface area contributed by atoms with E-state index in [2.05, 4.69) is 47.1 Å². The van der Waals surface area contributed by atoms with Crippen molar-refractivity contribution in [2.75, 3.05) is 13.2 Å². The minimum atomic E-state index is 0.242. The number of rotatable bonds is 5. The number of nitrogens with two attached hydrogens (primary N) is 1. The van der Waals surface area contributed by atoms with Crippen LogP contribution in [-0.4, -0.2) is 31.2 Å². The summed E-state index contributed by atoms with van der Waals surface area (Å²) in [5.41, 5.74) is 4.27. The SMILES string of the molecule is Cc1ccc(C#CC2CC2)cc1C/C(C=NCC1CCCCO1)=N/N. The van der Waals surface area contributed by atoms with E-state index in [1.54, 1.807) is 6.21 Å². The minimum absolute atomic E-state index is 0.242. The van der Waals surface area contributed by atoms with Crippen molar-refractivity contribution >= 4 is 11.9 Å². The molecule has 2 aliphatic rings. The summed E-state index contributed by atoms with van der Waals surface area (Å²) in [6.45, 7) is 3.64. The number of nitrogens with zero attached hydrogens (tertiary/aromatic N) is 2. The fourth-order valence-electron chi connectivity index (χ4n) is 2.90. The van der Waals surface area contributed by atoms with Gasteiger partial charge in [-0.25, -0.2) is 0 Å². The van der Waals surface area contributed by atoms with E-state index in [0.717, 1.165) is 30.7 Å². The van der Waals surface area contributed by atoms with Gasteiger partial charge in [0.15, 0.2) is 0 Å². The number of aliphatic imine (C=N–C) groups is 1. The molecule has 4 nitrogen and oxygen atoms in total. The molecule has 2 fully saturated rings. The first-order valence-corrected chi connectivity index (χ1v) is 9.24. The van der Waals surface area contributed by atoms with Gasteiger partial charge in [-0.3, -0.25) is 4.99 Å². The molecule has 1 aliphatic heterocycles. The molecule has 25 heavy (non-hydrogen) atoms. The Morgan fingerprint density at radius 2 is 2.20 bits per heavy atom. The quantitative estimate of drug-likeness (QED) is 0.388. The summed E-state index contributed by atoms with van der Waals surface area (Å²) in [5, 5.41) is 3.91. The lowest BCUT2D eigenvalue weighted by atomic mass is 10.0. The van der Waals surface area contributed by atoms with Gasteiger partial charge in [0, 0.05) is 30.7 Å². The molecule has 0 radical (unpaired) electrons. The second-order valence-corrected chi connectivity index (χ2v) is 6.96. The van der Waals surface area contributed by atoms with E-state index in [1.165, 1.54) is 30.4 Å². The molecule has 1 heterocycles. The Balaban J connectivity index is 1.60. The highest BCUT2D eigenvalue weighted by molar-refractivity contribution is 6.31. The molecule has 0 spiro atoms. The third-order valence-electron chi connectivity index (χ3n) is 4.71. The highest BCUT2D eigenvalue weighted by Crippen LogP contribution is 2.27. The molecule has 0 aromatic heterocycles. The van der Waals surface area contributed by atoms with Crippen LogP contribution >= 0.6 is 0 Å². The number of ether oxygens (including phenoxy) is 1. The highest BCUT2D eigenvalue weighted by atomic mass is 16.5. The molecule has 1 saturated carbocycles. The van der Waals surface area contributed by atoms with Gasteiger partial charge in [0.2, 0.25) is 0 Å². The van der Waals surface area contributed by atoms with Crippen molar-refractivity contribution in [3.63, 3.8) is 0 Å². The van der Waals surface area contributed by atoms with E-state index in [1.807, 2.05) is 0 Å². The summed E-state index contributed by atoms with van der Waals surface area (Å²) in [7, 11) is 0. The topological polar surface area (TPSA) is 60.0 Å². The fourth-order valence-corrected chi connectivity index (χ4v) is 2.90. The second kappa shape index (κ2) is 8.82. The van der Waals surface area contributed by atoms with Crippen LogP contribution in [0.5, 0.6) is 0 Å². The summed E-state index contributed by atoms with van der Waals surface area (Å²) >= 11 is 0. The Morgan fingerprint density at radius 1 is 1.32 bits per heavy atom. The fraction of sp³-hybridized carbons (Fsp3) is 0.524. The first-order valence-electron chi connectivity index (χ1n) is 9.24. The van der Waals surface area contributed by atoms with E-state index in [0.29, 0.717) is 18.9 Å². The summed E-state index contributed by atoms with van der Waals surface area (Å²) in [6.07, 6.45) is 8.68. The van der Waals surface area contributed by atoms with Gasteiger partial charge in [0.1, 0.15) is 0 Å². The van der Waals surface area contributed by atoms with E-state index in [-0.39, 0.29) is 6.10 Å². The lowest BCUT2D eigenvalue weighted by molar-refractivity contribution is 0.0226. The monoisotopic (exact) mass is 337 g/mol. The Hall–Kier alpha value is -2.12. The van der Waals surface area contributed by atoms with Gasteiger partial charge in [-0.05, 0) is 62.3 Å². The highest BCUT2D eigenvalue weighted by Gasteiger charge is 2.17. The molecular formula is C21H27N3O. The molecular weight excluding hydrogens is 310 g/mol. The lowest BCUT2D eigenvalue weighted by Gasteiger charge is -2.20. The zero-order chi connectivity index (χ0) is 17.5. The summed E-state index contributed by atoms with van der Waals surface area (Å²) in [5.74, 6) is 12.8. The smallest absolute Gasteiger partial charge is 0.0822 e. The lowest BCUT2D eigenvalue weighted by Crippen LogP contribution is -2.22. The van der Waals surface area contributed by atoms with Crippen molar-refractivity contribution in [1.82, 2.24) is 0 Å². The van der Waals surface area contributed by atoms with Crippen molar-refractivity contribution in [2.45, 2.75) is 51.6 Å². The van der Waals surface area contributed by atoms with Crippen molar-refractivity contribution in [3.05, 3.63) is 34.9 Å². The van der Waals surface area contributed by atoms with E-state index >= 15 is 0 Å². The van der Waals surface area contributed by atoms with Crippen LogP contribution in [-0.2, 0) is 11.2 Å². The van der Waals surface area contributed by atoms with Crippen LogP contribution in [0.25, 0.3) is 0 Å². The molecule has 1 aromatic rings. The Labute approximate surface area is 150 Å². The predicted molar refractivity (Wildman–Crippen MR) is 103 cm³/mol. The van der Waals surface area contributed by atoms with Gasteiger partial charge in [0.25, 0.3) is 0 Å². The maximum absolute atomic E-state index is 5.70. The zero-order valence-corrected chi connectivity index (χ0v) is 15.0. The Bertz CT molecular complexity index is 702. The third kappa shape index (κ3) is 5.72. The Kier molecular flexibility index (Phi) is 6.25. The van der Waals surface area contributed by atoms with Gasteiger partial charge in [0.05, 0.1) is 18.4 Å². The van der Waals surface area contributed by atoms with Crippen LogP contribution in [0.4, 0.5) is 0 Å². The van der Waals surface area contributed by atoms with Gasteiger partial charge >= 0.3 is 0 Å². The molecule has 132 valence electrons. The van der Waals surface area contributed by atoms with Crippen molar-refractivity contribution in [3.8, 4) is 11.8 Å². The molecule has 1 aliphatic carbocycles. The summed E-state index contributed by atoms with van der Waals surface area (Å²) in [6, 6.07) is 6.35. The van der Waals surface area contributed by atoms with Crippen LogP contribution < -0.4 is 5.84 Å². The zero-order valence-electron chi connectivity index (χ0n) is 15.0. The second-order valence-electron chi connectivity index (χ2n) is 6.96. The molecule has 1 atom stereocenters. The summed E-state index contributed by atoms with van der Waals surface area (Å²) in [4.78, 5) is 4.49. The summed E-state index contributed by atoms with van der Waals surface area (Å²) < 4.78 is 5.70. The van der Waals surface area contributed by atoms with Gasteiger partial charge in [-0.15, -0.1) is 0 Å². The maximum Gasteiger partial charge on any atom is 0.0822 e. The molecule has 1 saturated heterocycles. The molecule has 1 aromatic carbocycles. The average molecular weight is 337 g/mol. The number of hydrogen-bond donors (Lipinski definition) is 1. The molecule has 2 N–H and O–H groups in total. The molecule has 0 amide bonds. The van der Waals surface area contributed by atoms with Crippen LogP contribution in [0.15, 0.2) is 28.3 Å². The number of hydrogen-bond acceptors (Lipinski definition) is 4.